The molecule has 1 fully saturated rings. The van der Waals surface area contributed by atoms with E-state index in [1.807, 2.05) is 31.3 Å². The molecule has 1 aliphatic rings. The Morgan fingerprint density at radius 1 is 1.06 bits per heavy atom. The van der Waals surface area contributed by atoms with Crippen molar-refractivity contribution < 1.29 is 18.3 Å². The lowest BCUT2D eigenvalue weighted by Gasteiger charge is -2.32. The number of hydrogen-bond acceptors (Lipinski definition) is 6. The molecule has 2 aromatic heterocycles. The van der Waals surface area contributed by atoms with Crippen molar-refractivity contribution in [2.75, 3.05) is 45.7 Å². The van der Waals surface area contributed by atoms with Gasteiger partial charge in [-0.1, -0.05) is 12.1 Å². The number of likely N-dealkylation sites (N-methyl/N-ethyl adjacent to an activating group) is 1. The number of aromatic nitrogens is 3. The highest BCUT2D eigenvalue weighted by Gasteiger charge is 2.26. The van der Waals surface area contributed by atoms with Crippen molar-refractivity contribution >= 4 is 28.6 Å². The van der Waals surface area contributed by atoms with E-state index in [0.717, 1.165) is 23.4 Å². The Kier molecular flexibility index (Phi) is 6.62. The molecular formula is C26H26F2N6O2. The molecule has 1 N–H and O–H groups in total. The topological polar surface area (TPSA) is 75.5 Å². The molecule has 5 rings (SSSR count). The highest BCUT2D eigenvalue weighted by atomic mass is 19.1. The maximum Gasteiger partial charge on any atom is 0.259 e. The van der Waals surface area contributed by atoms with E-state index in [1.54, 1.807) is 30.1 Å². The molecule has 8 nitrogen and oxygen atoms in total. The number of benzene rings is 2. The molecule has 3 heterocycles. The number of nitrogens with zero attached hydrogens (tertiary/aromatic N) is 5. The summed E-state index contributed by atoms with van der Waals surface area (Å²) in [6.45, 7) is 2.70. The summed E-state index contributed by atoms with van der Waals surface area (Å²) < 4.78 is 36.8. The number of amides is 1. The fourth-order valence-corrected chi connectivity index (χ4v) is 4.24. The number of piperazine rings is 1. The van der Waals surface area contributed by atoms with Gasteiger partial charge in [-0.25, -0.2) is 13.8 Å². The van der Waals surface area contributed by atoms with Crippen LogP contribution in [0.25, 0.3) is 16.7 Å². The molecule has 10 heteroatoms. The van der Waals surface area contributed by atoms with Crippen molar-refractivity contribution in [1.29, 1.82) is 0 Å². The van der Waals surface area contributed by atoms with Gasteiger partial charge in [0.05, 0.1) is 12.3 Å². The Bertz CT molecular complexity index is 1370. The van der Waals surface area contributed by atoms with E-state index in [0.29, 0.717) is 49.8 Å². The predicted molar refractivity (Wildman–Crippen MR) is 133 cm³/mol. The lowest BCUT2D eigenvalue weighted by atomic mass is 10.1. The van der Waals surface area contributed by atoms with Gasteiger partial charge in [-0.15, -0.1) is 0 Å². The van der Waals surface area contributed by atoms with E-state index in [-0.39, 0.29) is 5.69 Å². The lowest BCUT2D eigenvalue weighted by Crippen LogP contribution is -2.47. The van der Waals surface area contributed by atoms with Gasteiger partial charge in [0.2, 0.25) is 5.95 Å². The van der Waals surface area contributed by atoms with E-state index in [9.17, 15) is 4.79 Å². The van der Waals surface area contributed by atoms with Crippen LogP contribution in [0.2, 0.25) is 0 Å². The minimum atomic E-state index is -0.903. The maximum absolute atomic E-state index is 15.1. The first-order valence-electron chi connectivity index (χ1n) is 11.6. The van der Waals surface area contributed by atoms with Crippen molar-refractivity contribution in [2.24, 2.45) is 0 Å². The second-order valence-electron chi connectivity index (χ2n) is 8.79. The van der Waals surface area contributed by atoms with Crippen molar-refractivity contribution in [3.63, 3.8) is 0 Å². The molecule has 36 heavy (non-hydrogen) atoms. The van der Waals surface area contributed by atoms with Gasteiger partial charge < -0.3 is 24.4 Å². The van der Waals surface area contributed by atoms with Crippen LogP contribution in [0.3, 0.4) is 0 Å². The molecule has 0 bridgehead atoms. The third-order valence-corrected chi connectivity index (χ3v) is 6.26. The van der Waals surface area contributed by atoms with Crippen LogP contribution < -0.4 is 5.32 Å². The van der Waals surface area contributed by atoms with E-state index < -0.39 is 23.1 Å². The summed E-state index contributed by atoms with van der Waals surface area (Å²) in [7, 11) is 3.59. The first-order valence-corrected chi connectivity index (χ1v) is 11.6. The number of fused-ring (bicyclic) bond motifs is 1. The number of hydrogen-bond donors (Lipinski definition) is 1. The standard InChI is InChI=1S/C26H26F2N6O2/c1-32-9-11-33(12-10-32)25(35)23-21(27)13-20(14-22(23)28)34-8-7-18-15-29-26(31-24(18)34)30-19-5-3-17(4-6-19)16-36-2/h3-8,13-15H,9-12,16H2,1-2H3,(H,29,30,31). The number of ether oxygens (including phenoxy) is 1. The summed E-state index contributed by atoms with van der Waals surface area (Å²) in [5.41, 5.74) is 1.99. The van der Waals surface area contributed by atoms with Gasteiger partial charge in [-0.2, -0.15) is 4.98 Å². The normalized spacial score (nSPS) is 14.4. The Morgan fingerprint density at radius 3 is 2.42 bits per heavy atom. The molecule has 186 valence electrons. The van der Waals surface area contributed by atoms with Crippen molar-refractivity contribution in [3.05, 3.63) is 77.6 Å². The van der Waals surface area contributed by atoms with Gasteiger partial charge in [0.1, 0.15) is 22.8 Å². The SMILES string of the molecule is COCc1ccc(Nc2ncc3ccn(-c4cc(F)c(C(=O)N5CCN(C)CC5)c(F)c4)c3n2)cc1. The molecule has 0 saturated carbocycles. The molecule has 1 saturated heterocycles. The number of anilines is 2. The van der Waals surface area contributed by atoms with E-state index in [1.165, 1.54) is 4.90 Å². The summed E-state index contributed by atoms with van der Waals surface area (Å²) in [5.74, 6) is -2.10. The number of carbonyl (C=O) groups excluding carboxylic acids is 1. The van der Waals surface area contributed by atoms with Crippen molar-refractivity contribution in [1.82, 2.24) is 24.3 Å². The number of halogens is 2. The van der Waals surface area contributed by atoms with Crippen LogP contribution in [0.4, 0.5) is 20.4 Å². The van der Waals surface area contributed by atoms with Crippen LogP contribution in [0.5, 0.6) is 0 Å². The molecule has 1 aliphatic heterocycles. The van der Waals surface area contributed by atoms with Crippen LogP contribution in [0, 0.1) is 11.6 Å². The monoisotopic (exact) mass is 492 g/mol. The molecular weight excluding hydrogens is 466 g/mol. The summed E-state index contributed by atoms with van der Waals surface area (Å²) in [6, 6.07) is 11.7. The Balaban J connectivity index is 1.42. The van der Waals surface area contributed by atoms with Gasteiger partial charge in [0.15, 0.2) is 0 Å². The quantitative estimate of drug-likeness (QED) is 0.439. The van der Waals surface area contributed by atoms with Crippen molar-refractivity contribution in [2.45, 2.75) is 6.61 Å². The van der Waals surface area contributed by atoms with Crippen LogP contribution >= 0.6 is 0 Å². The summed E-state index contributed by atoms with van der Waals surface area (Å²) in [5, 5.41) is 3.85. The van der Waals surface area contributed by atoms with Gasteiger partial charge in [0, 0.05) is 56.8 Å². The molecule has 0 radical (unpaired) electrons. The molecule has 1 amide bonds. The molecule has 0 unspecified atom stereocenters. The van der Waals surface area contributed by atoms with Crippen LogP contribution in [0.15, 0.2) is 54.9 Å². The minimum absolute atomic E-state index is 0.225. The number of methoxy groups -OCH3 is 1. The minimum Gasteiger partial charge on any atom is -0.380 e. The highest BCUT2D eigenvalue weighted by molar-refractivity contribution is 5.95. The smallest absolute Gasteiger partial charge is 0.259 e. The zero-order valence-electron chi connectivity index (χ0n) is 20.0. The maximum atomic E-state index is 15.1. The van der Waals surface area contributed by atoms with E-state index >= 15 is 8.78 Å². The molecule has 4 aromatic rings. The van der Waals surface area contributed by atoms with E-state index in [4.69, 9.17) is 4.74 Å². The Labute approximate surface area is 207 Å². The Morgan fingerprint density at radius 2 is 1.75 bits per heavy atom. The average Bonchev–Trinajstić information content (AvgIpc) is 3.29. The lowest BCUT2D eigenvalue weighted by molar-refractivity contribution is 0.0654. The van der Waals surface area contributed by atoms with Crippen LogP contribution in [0.1, 0.15) is 15.9 Å². The predicted octanol–water partition coefficient (Wildman–Crippen LogP) is 3.98. The average molecular weight is 493 g/mol. The summed E-state index contributed by atoms with van der Waals surface area (Å²) in [6.07, 6.45) is 3.30. The molecule has 0 aliphatic carbocycles. The summed E-state index contributed by atoms with van der Waals surface area (Å²) >= 11 is 0. The first-order chi connectivity index (χ1) is 17.4. The van der Waals surface area contributed by atoms with Gasteiger partial charge in [0.25, 0.3) is 5.91 Å². The Hall–Kier alpha value is -3.89. The number of nitrogens with one attached hydrogen (secondary N) is 1. The molecule has 0 spiro atoms. The van der Waals surface area contributed by atoms with Gasteiger partial charge >= 0.3 is 0 Å². The third kappa shape index (κ3) is 4.77. The second-order valence-corrected chi connectivity index (χ2v) is 8.79. The third-order valence-electron chi connectivity index (χ3n) is 6.26. The fourth-order valence-electron chi connectivity index (χ4n) is 4.24. The van der Waals surface area contributed by atoms with Gasteiger partial charge in [-0.05, 0) is 42.9 Å². The van der Waals surface area contributed by atoms with Crippen LogP contribution in [-0.2, 0) is 11.3 Å². The molecule has 2 aromatic carbocycles. The van der Waals surface area contributed by atoms with Gasteiger partial charge in [-0.3, -0.25) is 4.79 Å². The van der Waals surface area contributed by atoms with Crippen LogP contribution in [-0.4, -0.2) is 70.6 Å². The fraction of sp³-hybridized carbons (Fsp3) is 0.269. The highest BCUT2D eigenvalue weighted by Crippen LogP contribution is 2.25. The molecule has 0 atom stereocenters. The summed E-state index contributed by atoms with van der Waals surface area (Å²) in [4.78, 5) is 25.3. The van der Waals surface area contributed by atoms with E-state index in [2.05, 4.69) is 20.2 Å². The number of rotatable bonds is 6. The largest absolute Gasteiger partial charge is 0.380 e. The number of carbonyl (C=O) groups is 1. The second kappa shape index (κ2) is 10.00. The van der Waals surface area contributed by atoms with Crippen molar-refractivity contribution in [3.8, 4) is 5.69 Å². The first kappa shape index (κ1) is 23.8. The zero-order chi connectivity index (χ0) is 25.2. The zero-order valence-corrected chi connectivity index (χ0v) is 20.0.